The molecule has 0 aromatic rings. The lowest BCUT2D eigenvalue weighted by molar-refractivity contribution is -0.146. The van der Waals surface area contributed by atoms with Crippen LogP contribution in [0.25, 0.3) is 0 Å². The van der Waals surface area contributed by atoms with Crippen LogP contribution in [0.4, 0.5) is 0 Å². The molecular weight excluding hydrogens is 192 g/mol. The van der Waals surface area contributed by atoms with Crippen LogP contribution < -0.4 is 5.73 Å². The molecule has 0 aliphatic heterocycles. The molecule has 0 bridgehead atoms. The summed E-state index contributed by atoms with van der Waals surface area (Å²) in [6.45, 7) is 9.87. The quantitative estimate of drug-likeness (QED) is 0.673. The largest absolute Gasteiger partial charge is 0.468 e. The molecule has 2 N–H and O–H groups in total. The minimum atomic E-state index is -0.878. The first-order chi connectivity index (χ1) is 6.85. The van der Waals surface area contributed by atoms with Gasteiger partial charge in [0.05, 0.1) is 7.11 Å². The molecule has 0 heterocycles. The third kappa shape index (κ3) is 4.62. The summed E-state index contributed by atoms with van der Waals surface area (Å²) in [7, 11) is 1.37. The van der Waals surface area contributed by atoms with Gasteiger partial charge in [0.15, 0.2) is 0 Å². The van der Waals surface area contributed by atoms with Gasteiger partial charge in [0, 0.05) is 12.6 Å². The van der Waals surface area contributed by atoms with E-state index in [1.165, 1.54) is 7.11 Å². The molecule has 0 radical (unpaired) electrons. The predicted molar refractivity (Wildman–Crippen MR) is 61.6 cm³/mol. The smallest absolute Gasteiger partial charge is 0.325 e. The third-order valence-corrected chi connectivity index (χ3v) is 2.71. The molecule has 90 valence electrons. The molecule has 0 aliphatic rings. The number of methoxy groups -OCH3 is 1. The normalized spacial score (nSPS) is 15.5. The van der Waals surface area contributed by atoms with Gasteiger partial charge in [-0.05, 0) is 33.7 Å². The lowest BCUT2D eigenvalue weighted by Crippen LogP contribution is -2.48. The van der Waals surface area contributed by atoms with E-state index in [0.717, 1.165) is 13.1 Å². The van der Waals surface area contributed by atoms with Gasteiger partial charge in [0.25, 0.3) is 0 Å². The number of hydrogen-bond donors (Lipinski definition) is 1. The van der Waals surface area contributed by atoms with Gasteiger partial charge in [-0.1, -0.05) is 6.92 Å². The number of rotatable bonds is 6. The summed E-state index contributed by atoms with van der Waals surface area (Å²) >= 11 is 0. The van der Waals surface area contributed by atoms with Crippen LogP contribution in [0, 0.1) is 0 Å². The molecule has 0 aromatic heterocycles. The van der Waals surface area contributed by atoms with Crippen LogP contribution >= 0.6 is 0 Å². The molecule has 0 fully saturated rings. The van der Waals surface area contributed by atoms with Crippen LogP contribution in [0.3, 0.4) is 0 Å². The second kappa shape index (κ2) is 6.08. The van der Waals surface area contributed by atoms with Gasteiger partial charge in [-0.25, -0.2) is 0 Å². The van der Waals surface area contributed by atoms with E-state index in [-0.39, 0.29) is 5.97 Å². The first-order valence-corrected chi connectivity index (χ1v) is 5.46. The van der Waals surface area contributed by atoms with Gasteiger partial charge in [-0.2, -0.15) is 0 Å². The van der Waals surface area contributed by atoms with Crippen LogP contribution in [-0.2, 0) is 9.53 Å². The lowest BCUT2D eigenvalue weighted by atomic mass is 9.99. The summed E-state index contributed by atoms with van der Waals surface area (Å²) in [6.07, 6.45) is 0.617. The average Bonchev–Trinajstić information content (AvgIpc) is 2.16. The second-order valence-corrected chi connectivity index (χ2v) is 4.38. The Hall–Kier alpha value is -0.610. The van der Waals surface area contributed by atoms with Crippen molar-refractivity contribution in [3.8, 4) is 0 Å². The summed E-state index contributed by atoms with van der Waals surface area (Å²) < 4.78 is 4.66. The molecular formula is C11H24N2O2. The maximum Gasteiger partial charge on any atom is 0.325 e. The van der Waals surface area contributed by atoms with Gasteiger partial charge < -0.3 is 15.4 Å². The maximum absolute atomic E-state index is 11.3. The molecule has 0 amide bonds. The SMILES string of the molecule is CCN(CCC(C)(N)C(=O)OC)C(C)C. The van der Waals surface area contributed by atoms with Crippen molar-refractivity contribution in [1.82, 2.24) is 4.90 Å². The van der Waals surface area contributed by atoms with Crippen molar-refractivity contribution in [1.29, 1.82) is 0 Å². The minimum Gasteiger partial charge on any atom is -0.468 e. The molecule has 1 unspecified atom stereocenters. The monoisotopic (exact) mass is 216 g/mol. The fourth-order valence-corrected chi connectivity index (χ4v) is 1.49. The maximum atomic E-state index is 11.3. The molecule has 1 atom stereocenters. The van der Waals surface area contributed by atoms with Gasteiger partial charge in [-0.15, -0.1) is 0 Å². The summed E-state index contributed by atoms with van der Waals surface area (Å²) in [5.74, 6) is -0.345. The Bertz CT molecular complexity index is 203. The molecule has 15 heavy (non-hydrogen) atoms. The Labute approximate surface area is 92.8 Å². The third-order valence-electron chi connectivity index (χ3n) is 2.71. The van der Waals surface area contributed by atoms with Crippen LogP contribution in [-0.4, -0.2) is 42.6 Å². The lowest BCUT2D eigenvalue weighted by Gasteiger charge is -2.29. The number of carbonyl (C=O) groups excluding carboxylic acids is 1. The van der Waals surface area contributed by atoms with Crippen LogP contribution in [0.1, 0.15) is 34.1 Å². The number of ether oxygens (including phenoxy) is 1. The van der Waals surface area contributed by atoms with Gasteiger partial charge in [0.1, 0.15) is 5.54 Å². The first kappa shape index (κ1) is 14.4. The Balaban J connectivity index is 4.18. The number of esters is 1. The summed E-state index contributed by atoms with van der Waals surface area (Å²) in [5, 5.41) is 0. The van der Waals surface area contributed by atoms with Crippen molar-refractivity contribution in [2.45, 2.75) is 45.7 Å². The van der Waals surface area contributed by atoms with Crippen molar-refractivity contribution in [3.63, 3.8) is 0 Å². The van der Waals surface area contributed by atoms with Gasteiger partial charge in [-0.3, -0.25) is 4.79 Å². The number of nitrogens with zero attached hydrogens (tertiary/aromatic N) is 1. The van der Waals surface area contributed by atoms with E-state index >= 15 is 0 Å². The molecule has 0 saturated heterocycles. The van der Waals surface area contributed by atoms with E-state index in [1.54, 1.807) is 6.92 Å². The summed E-state index contributed by atoms with van der Waals surface area (Å²) in [4.78, 5) is 13.6. The molecule has 4 nitrogen and oxygen atoms in total. The number of hydrogen-bond acceptors (Lipinski definition) is 4. The van der Waals surface area contributed by atoms with Gasteiger partial charge >= 0.3 is 5.97 Å². The number of nitrogens with two attached hydrogens (primary N) is 1. The number of carbonyl (C=O) groups is 1. The van der Waals surface area contributed by atoms with Crippen molar-refractivity contribution in [2.75, 3.05) is 20.2 Å². The fraction of sp³-hybridized carbons (Fsp3) is 0.909. The van der Waals surface area contributed by atoms with Crippen LogP contribution in [0.2, 0.25) is 0 Å². The Kier molecular flexibility index (Phi) is 5.83. The molecule has 4 heteroatoms. The standard InChI is InChI=1S/C11H24N2O2/c1-6-13(9(2)3)8-7-11(4,12)10(14)15-5/h9H,6-8,12H2,1-5H3. The highest BCUT2D eigenvalue weighted by molar-refractivity contribution is 5.79. The molecule has 0 aromatic carbocycles. The van der Waals surface area contributed by atoms with E-state index in [0.29, 0.717) is 12.5 Å². The van der Waals surface area contributed by atoms with Crippen molar-refractivity contribution in [2.24, 2.45) is 5.73 Å². The zero-order valence-corrected chi connectivity index (χ0v) is 10.5. The van der Waals surface area contributed by atoms with Gasteiger partial charge in [0.2, 0.25) is 0 Å². The highest BCUT2D eigenvalue weighted by Gasteiger charge is 2.29. The van der Waals surface area contributed by atoms with E-state index in [1.807, 2.05) is 0 Å². The topological polar surface area (TPSA) is 55.6 Å². The minimum absolute atomic E-state index is 0.345. The van der Waals surface area contributed by atoms with E-state index in [9.17, 15) is 4.79 Å². The Morgan fingerprint density at radius 2 is 2.07 bits per heavy atom. The highest BCUT2D eigenvalue weighted by Crippen LogP contribution is 2.10. The summed E-state index contributed by atoms with van der Waals surface area (Å²) in [5.41, 5.74) is 4.99. The predicted octanol–water partition coefficient (Wildman–Crippen LogP) is 0.997. The van der Waals surface area contributed by atoms with Crippen LogP contribution in [0.5, 0.6) is 0 Å². The van der Waals surface area contributed by atoms with E-state index in [2.05, 4.69) is 30.4 Å². The first-order valence-electron chi connectivity index (χ1n) is 5.46. The zero-order valence-electron chi connectivity index (χ0n) is 10.5. The Morgan fingerprint density at radius 3 is 2.40 bits per heavy atom. The highest BCUT2D eigenvalue weighted by atomic mass is 16.5. The molecule has 0 rings (SSSR count). The van der Waals surface area contributed by atoms with Crippen molar-refractivity contribution < 1.29 is 9.53 Å². The van der Waals surface area contributed by atoms with E-state index < -0.39 is 5.54 Å². The van der Waals surface area contributed by atoms with Crippen molar-refractivity contribution >= 4 is 5.97 Å². The molecule has 0 spiro atoms. The van der Waals surface area contributed by atoms with Crippen molar-refractivity contribution in [3.05, 3.63) is 0 Å². The van der Waals surface area contributed by atoms with Crippen LogP contribution in [0.15, 0.2) is 0 Å². The molecule has 0 saturated carbocycles. The summed E-state index contributed by atoms with van der Waals surface area (Å²) in [6, 6.07) is 0.475. The Morgan fingerprint density at radius 1 is 1.53 bits per heavy atom. The fourth-order valence-electron chi connectivity index (χ4n) is 1.49. The van der Waals surface area contributed by atoms with E-state index in [4.69, 9.17) is 5.73 Å². The zero-order chi connectivity index (χ0) is 12.1. The average molecular weight is 216 g/mol. The molecule has 0 aliphatic carbocycles. The second-order valence-electron chi connectivity index (χ2n) is 4.38.